The van der Waals surface area contributed by atoms with E-state index in [-0.39, 0.29) is 6.10 Å². The van der Waals surface area contributed by atoms with E-state index in [1.165, 1.54) is 44.9 Å². The van der Waals surface area contributed by atoms with Crippen molar-refractivity contribution in [3.8, 4) is 0 Å². The third kappa shape index (κ3) is 6.79. The van der Waals surface area contributed by atoms with Crippen LogP contribution >= 0.6 is 11.3 Å². The fourth-order valence-electron chi connectivity index (χ4n) is 1.99. The smallest absolute Gasteiger partial charge is 0.121 e. The van der Waals surface area contributed by atoms with Crippen LogP contribution in [-0.4, -0.2) is 10.1 Å². The van der Waals surface area contributed by atoms with E-state index in [0.717, 1.165) is 17.8 Å². The summed E-state index contributed by atoms with van der Waals surface area (Å²) in [4.78, 5) is 4.13. The molecule has 2 nitrogen and oxygen atoms in total. The Kier molecular flexibility index (Phi) is 8.28. The number of thiazole rings is 1. The zero-order valence-corrected chi connectivity index (χ0v) is 11.7. The first-order valence-corrected chi connectivity index (χ1v) is 7.80. The van der Waals surface area contributed by atoms with Crippen molar-refractivity contribution in [3.63, 3.8) is 0 Å². The second-order valence-corrected chi connectivity index (χ2v) is 5.58. The molecule has 0 saturated carbocycles. The summed E-state index contributed by atoms with van der Waals surface area (Å²) in [7, 11) is 0. The molecule has 0 aliphatic carbocycles. The Morgan fingerprint density at radius 3 is 2.35 bits per heavy atom. The third-order valence-electron chi connectivity index (χ3n) is 3.07. The SMILES string of the molecule is CCCCCCCCCC[C@@H](O)c1nccs1. The summed E-state index contributed by atoms with van der Waals surface area (Å²) >= 11 is 1.55. The molecule has 0 saturated heterocycles. The van der Waals surface area contributed by atoms with Crippen molar-refractivity contribution < 1.29 is 5.11 Å². The van der Waals surface area contributed by atoms with Crippen LogP contribution in [0.15, 0.2) is 11.6 Å². The molecule has 1 aromatic heterocycles. The van der Waals surface area contributed by atoms with Gasteiger partial charge in [-0.05, 0) is 6.42 Å². The van der Waals surface area contributed by atoms with Gasteiger partial charge in [-0.1, -0.05) is 58.3 Å². The maximum Gasteiger partial charge on any atom is 0.121 e. The highest BCUT2D eigenvalue weighted by molar-refractivity contribution is 7.09. The number of hydrogen-bond acceptors (Lipinski definition) is 3. The molecule has 1 heterocycles. The summed E-state index contributed by atoms with van der Waals surface area (Å²) in [5, 5.41) is 12.6. The normalized spacial score (nSPS) is 12.8. The van der Waals surface area contributed by atoms with Crippen LogP contribution in [0.3, 0.4) is 0 Å². The fraction of sp³-hybridized carbons (Fsp3) is 0.786. The van der Waals surface area contributed by atoms with Gasteiger partial charge in [0.25, 0.3) is 0 Å². The molecule has 0 radical (unpaired) electrons. The highest BCUT2D eigenvalue weighted by Gasteiger charge is 2.08. The lowest BCUT2D eigenvalue weighted by atomic mass is 10.1. The van der Waals surface area contributed by atoms with Gasteiger partial charge in [0.15, 0.2) is 0 Å². The number of nitrogens with zero attached hydrogens (tertiary/aromatic N) is 1. The average Bonchev–Trinajstić information content (AvgIpc) is 2.86. The highest BCUT2D eigenvalue weighted by Crippen LogP contribution is 2.21. The van der Waals surface area contributed by atoms with Crippen molar-refractivity contribution in [1.82, 2.24) is 4.98 Å². The van der Waals surface area contributed by atoms with Crippen LogP contribution < -0.4 is 0 Å². The predicted molar refractivity (Wildman–Crippen MR) is 74.3 cm³/mol. The second kappa shape index (κ2) is 9.60. The van der Waals surface area contributed by atoms with Crippen LogP contribution in [0.4, 0.5) is 0 Å². The first-order chi connectivity index (χ1) is 8.34. The molecule has 0 aliphatic heterocycles. The Balaban J connectivity index is 1.90. The summed E-state index contributed by atoms with van der Waals surface area (Å²) < 4.78 is 0. The molecule has 1 atom stereocenters. The Labute approximate surface area is 109 Å². The van der Waals surface area contributed by atoms with Gasteiger partial charge < -0.3 is 5.11 Å². The van der Waals surface area contributed by atoms with E-state index in [9.17, 15) is 5.11 Å². The van der Waals surface area contributed by atoms with E-state index >= 15 is 0 Å². The van der Waals surface area contributed by atoms with Crippen molar-refractivity contribution in [3.05, 3.63) is 16.6 Å². The molecular weight excluding hydrogens is 230 g/mol. The van der Waals surface area contributed by atoms with Gasteiger partial charge in [0, 0.05) is 11.6 Å². The zero-order valence-electron chi connectivity index (χ0n) is 10.9. The number of aromatic nitrogens is 1. The van der Waals surface area contributed by atoms with Gasteiger partial charge in [-0.3, -0.25) is 0 Å². The third-order valence-corrected chi connectivity index (χ3v) is 3.94. The average molecular weight is 255 g/mol. The number of aliphatic hydroxyl groups is 1. The molecule has 1 rings (SSSR count). The van der Waals surface area contributed by atoms with Crippen molar-refractivity contribution in [2.45, 2.75) is 70.8 Å². The maximum absolute atomic E-state index is 9.83. The fourth-order valence-corrected chi connectivity index (χ4v) is 2.65. The second-order valence-electron chi connectivity index (χ2n) is 4.65. The molecule has 0 aromatic carbocycles. The van der Waals surface area contributed by atoms with Crippen LogP contribution in [-0.2, 0) is 0 Å². The van der Waals surface area contributed by atoms with Crippen molar-refractivity contribution in [1.29, 1.82) is 0 Å². The van der Waals surface area contributed by atoms with Crippen LogP contribution in [0, 0.1) is 0 Å². The van der Waals surface area contributed by atoms with Crippen molar-refractivity contribution in [2.24, 2.45) is 0 Å². The van der Waals surface area contributed by atoms with Crippen LogP contribution in [0.5, 0.6) is 0 Å². The summed E-state index contributed by atoms with van der Waals surface area (Å²) in [5.41, 5.74) is 0. The minimum Gasteiger partial charge on any atom is -0.386 e. The predicted octanol–water partition coefficient (Wildman–Crippen LogP) is 4.71. The molecule has 0 fully saturated rings. The first kappa shape index (κ1) is 14.7. The molecule has 17 heavy (non-hydrogen) atoms. The van der Waals surface area contributed by atoms with E-state index in [2.05, 4.69) is 11.9 Å². The Bertz CT molecular complexity index is 261. The number of unbranched alkanes of at least 4 members (excludes halogenated alkanes) is 7. The van der Waals surface area contributed by atoms with Gasteiger partial charge in [0.05, 0.1) is 0 Å². The van der Waals surface area contributed by atoms with E-state index < -0.39 is 0 Å². The van der Waals surface area contributed by atoms with Crippen LogP contribution in [0.2, 0.25) is 0 Å². The molecular formula is C14H25NOS. The number of rotatable bonds is 10. The lowest BCUT2D eigenvalue weighted by molar-refractivity contribution is 0.163. The number of hydrogen-bond donors (Lipinski definition) is 1. The lowest BCUT2D eigenvalue weighted by Gasteiger charge is -2.06. The van der Waals surface area contributed by atoms with E-state index in [1.807, 2.05) is 5.38 Å². The highest BCUT2D eigenvalue weighted by atomic mass is 32.1. The Morgan fingerprint density at radius 1 is 1.12 bits per heavy atom. The topological polar surface area (TPSA) is 33.1 Å². The van der Waals surface area contributed by atoms with Crippen molar-refractivity contribution in [2.75, 3.05) is 0 Å². The molecule has 0 bridgehead atoms. The summed E-state index contributed by atoms with van der Waals surface area (Å²) in [6, 6.07) is 0. The monoisotopic (exact) mass is 255 g/mol. The number of aliphatic hydroxyl groups excluding tert-OH is 1. The van der Waals surface area contributed by atoms with Gasteiger partial charge in [-0.2, -0.15) is 0 Å². The Hall–Kier alpha value is -0.410. The molecule has 0 spiro atoms. The van der Waals surface area contributed by atoms with E-state index in [0.29, 0.717) is 0 Å². The van der Waals surface area contributed by atoms with Crippen LogP contribution in [0.1, 0.15) is 75.8 Å². The van der Waals surface area contributed by atoms with Gasteiger partial charge >= 0.3 is 0 Å². The van der Waals surface area contributed by atoms with Gasteiger partial charge in [-0.25, -0.2) is 4.98 Å². The minimum absolute atomic E-state index is 0.338. The minimum atomic E-state index is -0.338. The first-order valence-electron chi connectivity index (χ1n) is 6.92. The molecule has 1 aromatic rings. The largest absolute Gasteiger partial charge is 0.386 e. The van der Waals surface area contributed by atoms with E-state index in [1.54, 1.807) is 17.5 Å². The Morgan fingerprint density at radius 2 is 1.76 bits per heavy atom. The van der Waals surface area contributed by atoms with Crippen molar-refractivity contribution >= 4 is 11.3 Å². The van der Waals surface area contributed by atoms with E-state index in [4.69, 9.17) is 0 Å². The molecule has 0 unspecified atom stereocenters. The molecule has 0 amide bonds. The van der Waals surface area contributed by atoms with Gasteiger partial charge in [0.1, 0.15) is 11.1 Å². The zero-order chi connectivity index (χ0) is 12.3. The molecule has 3 heteroatoms. The molecule has 98 valence electrons. The van der Waals surface area contributed by atoms with Gasteiger partial charge in [-0.15, -0.1) is 11.3 Å². The standard InChI is InChI=1S/C14H25NOS/c1-2-3-4-5-6-7-8-9-10-13(16)14-15-11-12-17-14/h11-13,16H,2-10H2,1H3/t13-/m1/s1. The van der Waals surface area contributed by atoms with Crippen LogP contribution in [0.25, 0.3) is 0 Å². The maximum atomic E-state index is 9.83. The lowest BCUT2D eigenvalue weighted by Crippen LogP contribution is -1.96. The summed E-state index contributed by atoms with van der Waals surface area (Å²) in [6.45, 7) is 2.25. The molecule has 0 aliphatic rings. The summed E-state index contributed by atoms with van der Waals surface area (Å²) in [5.74, 6) is 0. The van der Waals surface area contributed by atoms with Gasteiger partial charge in [0.2, 0.25) is 0 Å². The quantitative estimate of drug-likeness (QED) is 0.614. The summed E-state index contributed by atoms with van der Waals surface area (Å²) in [6.07, 6.45) is 12.8. The molecule has 1 N–H and O–H groups in total.